The van der Waals surface area contributed by atoms with Crippen molar-refractivity contribution in [3.05, 3.63) is 0 Å². The molecule has 0 bridgehead atoms. The van der Waals surface area contributed by atoms with Gasteiger partial charge in [0.2, 0.25) is 0 Å². The van der Waals surface area contributed by atoms with Crippen LogP contribution < -0.4 is 0 Å². The molecule has 2 fully saturated rings. The van der Waals surface area contributed by atoms with Gasteiger partial charge in [-0.25, -0.2) is 0 Å². The summed E-state index contributed by atoms with van der Waals surface area (Å²) in [6.45, 7) is 16.4. The first-order valence-electron chi connectivity index (χ1n) is 10.1. The molecular formula is C20H40N2O. The van der Waals surface area contributed by atoms with E-state index in [0.29, 0.717) is 18.2 Å². The molecule has 1 saturated carbocycles. The van der Waals surface area contributed by atoms with Crippen molar-refractivity contribution in [2.75, 3.05) is 26.2 Å². The number of piperazine rings is 1. The van der Waals surface area contributed by atoms with E-state index >= 15 is 0 Å². The Morgan fingerprint density at radius 2 is 1.70 bits per heavy atom. The lowest BCUT2D eigenvalue weighted by Gasteiger charge is -2.42. The average molecular weight is 325 g/mol. The van der Waals surface area contributed by atoms with Gasteiger partial charge in [0.25, 0.3) is 0 Å². The second kappa shape index (κ2) is 9.39. The normalized spacial score (nSPS) is 31.2. The molecule has 1 saturated heterocycles. The highest BCUT2D eigenvalue weighted by Crippen LogP contribution is 2.30. The molecule has 1 aliphatic heterocycles. The summed E-state index contributed by atoms with van der Waals surface area (Å²) in [5.74, 6) is 0.953. The zero-order valence-electron chi connectivity index (χ0n) is 16.3. The topological polar surface area (TPSA) is 15.7 Å². The lowest BCUT2D eigenvalue weighted by atomic mass is 9.84. The fourth-order valence-corrected chi connectivity index (χ4v) is 4.35. The van der Waals surface area contributed by atoms with Gasteiger partial charge in [0.15, 0.2) is 0 Å². The van der Waals surface area contributed by atoms with E-state index in [1.165, 1.54) is 64.7 Å². The highest BCUT2D eigenvalue weighted by molar-refractivity contribution is 4.81. The van der Waals surface area contributed by atoms with Gasteiger partial charge in [0, 0.05) is 31.7 Å². The molecule has 136 valence electrons. The number of hydrogen-bond donors (Lipinski definition) is 0. The van der Waals surface area contributed by atoms with E-state index in [0.717, 1.165) is 12.0 Å². The minimum absolute atomic E-state index is 0.391. The van der Waals surface area contributed by atoms with Crippen molar-refractivity contribution in [2.45, 2.75) is 97.4 Å². The Morgan fingerprint density at radius 3 is 2.26 bits per heavy atom. The number of ether oxygens (including phenoxy) is 1. The molecule has 0 spiro atoms. The van der Waals surface area contributed by atoms with E-state index in [-0.39, 0.29) is 0 Å². The molecule has 1 aliphatic carbocycles. The summed E-state index contributed by atoms with van der Waals surface area (Å²) in [4.78, 5) is 5.34. The second-order valence-corrected chi connectivity index (χ2v) is 8.44. The Labute approximate surface area is 144 Å². The predicted octanol–water partition coefficient (Wildman–Crippen LogP) is 4.16. The van der Waals surface area contributed by atoms with Gasteiger partial charge < -0.3 is 4.74 Å². The van der Waals surface area contributed by atoms with Crippen molar-refractivity contribution in [3.8, 4) is 0 Å². The van der Waals surface area contributed by atoms with Crippen LogP contribution in [0.5, 0.6) is 0 Å². The third kappa shape index (κ3) is 6.36. The minimum atomic E-state index is 0.391. The highest BCUT2D eigenvalue weighted by Gasteiger charge is 2.26. The Bertz CT molecular complexity index is 324. The zero-order valence-corrected chi connectivity index (χ0v) is 16.3. The van der Waals surface area contributed by atoms with E-state index in [2.05, 4.69) is 44.4 Å². The lowest BCUT2D eigenvalue weighted by molar-refractivity contribution is -0.0206. The maximum Gasteiger partial charge on any atom is 0.0578 e. The van der Waals surface area contributed by atoms with Crippen LogP contribution in [0.2, 0.25) is 0 Å². The van der Waals surface area contributed by atoms with Crippen LogP contribution in [0.3, 0.4) is 0 Å². The summed E-state index contributed by atoms with van der Waals surface area (Å²) in [7, 11) is 0. The fraction of sp³-hybridized carbons (Fsp3) is 1.00. The Hall–Kier alpha value is -0.120. The van der Waals surface area contributed by atoms with Crippen molar-refractivity contribution in [3.63, 3.8) is 0 Å². The zero-order chi connectivity index (χ0) is 16.8. The smallest absolute Gasteiger partial charge is 0.0578 e. The summed E-state index contributed by atoms with van der Waals surface area (Å²) >= 11 is 0. The molecule has 0 amide bonds. The summed E-state index contributed by atoms with van der Waals surface area (Å²) in [5, 5.41) is 0. The summed E-state index contributed by atoms with van der Waals surface area (Å²) < 4.78 is 5.97. The Kier molecular flexibility index (Phi) is 7.84. The summed E-state index contributed by atoms with van der Waals surface area (Å²) in [5.41, 5.74) is 0. The molecule has 0 N–H and O–H groups in total. The number of hydrogen-bond acceptors (Lipinski definition) is 3. The first-order valence-corrected chi connectivity index (χ1v) is 10.1. The molecular weight excluding hydrogens is 284 g/mol. The molecule has 0 aromatic heterocycles. The van der Waals surface area contributed by atoms with Crippen molar-refractivity contribution in [1.82, 2.24) is 9.80 Å². The van der Waals surface area contributed by atoms with Crippen molar-refractivity contribution in [1.29, 1.82) is 0 Å². The second-order valence-electron chi connectivity index (χ2n) is 8.44. The van der Waals surface area contributed by atoms with Gasteiger partial charge in [-0.3, -0.25) is 9.80 Å². The van der Waals surface area contributed by atoms with E-state index < -0.39 is 0 Å². The molecule has 23 heavy (non-hydrogen) atoms. The van der Waals surface area contributed by atoms with E-state index in [1.54, 1.807) is 0 Å². The summed E-state index contributed by atoms with van der Waals surface area (Å²) in [6.07, 6.45) is 9.07. The Morgan fingerprint density at radius 1 is 1.00 bits per heavy atom. The molecule has 3 heteroatoms. The van der Waals surface area contributed by atoms with E-state index in [1.807, 2.05) is 0 Å². The van der Waals surface area contributed by atoms with Crippen LogP contribution in [0.15, 0.2) is 0 Å². The van der Waals surface area contributed by atoms with Crippen molar-refractivity contribution in [2.24, 2.45) is 5.92 Å². The molecule has 2 aliphatic rings. The maximum atomic E-state index is 5.97. The molecule has 0 radical (unpaired) electrons. The van der Waals surface area contributed by atoms with Crippen LogP contribution in [-0.2, 0) is 4.74 Å². The average Bonchev–Trinajstić information content (AvgIpc) is 2.50. The standard InChI is InChI=1S/C20H40N2O/c1-16(2)22-14-13-21(18(5)15-22)12-6-7-19-8-10-20(11-9-19)23-17(3)4/h16-20H,6-15H2,1-5H3/t18-,19?,20?/m1/s1. The van der Waals surface area contributed by atoms with Gasteiger partial charge in [0.1, 0.15) is 0 Å². The largest absolute Gasteiger partial charge is 0.376 e. The molecule has 1 heterocycles. The first-order chi connectivity index (χ1) is 11.0. The predicted molar refractivity (Wildman–Crippen MR) is 98.9 cm³/mol. The quantitative estimate of drug-likeness (QED) is 0.699. The first kappa shape index (κ1) is 19.2. The fourth-order valence-electron chi connectivity index (χ4n) is 4.35. The molecule has 0 aromatic rings. The van der Waals surface area contributed by atoms with Crippen LogP contribution in [0, 0.1) is 5.92 Å². The van der Waals surface area contributed by atoms with Gasteiger partial charge >= 0.3 is 0 Å². The van der Waals surface area contributed by atoms with Crippen LogP contribution in [0.4, 0.5) is 0 Å². The molecule has 1 atom stereocenters. The number of rotatable bonds is 7. The molecule has 2 rings (SSSR count). The maximum absolute atomic E-state index is 5.97. The third-order valence-electron chi connectivity index (χ3n) is 5.84. The summed E-state index contributed by atoms with van der Waals surface area (Å²) in [6, 6.07) is 1.42. The van der Waals surface area contributed by atoms with Crippen molar-refractivity contribution >= 4 is 0 Å². The van der Waals surface area contributed by atoms with Crippen LogP contribution in [0.1, 0.15) is 73.1 Å². The molecule has 3 nitrogen and oxygen atoms in total. The SMILES string of the molecule is CC(C)OC1CCC(CCCN2CCN(C(C)C)C[C@H]2C)CC1. The van der Waals surface area contributed by atoms with Crippen molar-refractivity contribution < 1.29 is 4.74 Å². The van der Waals surface area contributed by atoms with Gasteiger partial charge in [-0.15, -0.1) is 0 Å². The van der Waals surface area contributed by atoms with Gasteiger partial charge in [-0.05, 0) is 85.6 Å². The van der Waals surface area contributed by atoms with Crippen LogP contribution >= 0.6 is 0 Å². The van der Waals surface area contributed by atoms with Gasteiger partial charge in [-0.2, -0.15) is 0 Å². The monoisotopic (exact) mass is 324 g/mol. The van der Waals surface area contributed by atoms with Crippen LogP contribution in [-0.4, -0.2) is 60.3 Å². The molecule has 0 unspecified atom stereocenters. The van der Waals surface area contributed by atoms with E-state index in [9.17, 15) is 0 Å². The van der Waals surface area contributed by atoms with E-state index in [4.69, 9.17) is 4.74 Å². The lowest BCUT2D eigenvalue weighted by Crippen LogP contribution is -2.53. The molecule has 0 aromatic carbocycles. The Balaban J connectivity index is 1.59. The minimum Gasteiger partial charge on any atom is -0.376 e. The van der Waals surface area contributed by atoms with Crippen LogP contribution in [0.25, 0.3) is 0 Å². The highest BCUT2D eigenvalue weighted by atomic mass is 16.5. The van der Waals surface area contributed by atoms with Gasteiger partial charge in [-0.1, -0.05) is 0 Å². The van der Waals surface area contributed by atoms with Gasteiger partial charge in [0.05, 0.1) is 12.2 Å². The number of nitrogens with zero attached hydrogens (tertiary/aromatic N) is 2. The third-order valence-corrected chi connectivity index (χ3v) is 5.84.